The molecule has 0 aliphatic carbocycles. The number of fused-ring (bicyclic) bond motifs is 1. The lowest BCUT2D eigenvalue weighted by molar-refractivity contribution is 0.382. The molecule has 1 saturated heterocycles. The molecule has 152 valence electrons. The minimum atomic E-state index is -3.63. The highest BCUT2D eigenvalue weighted by Crippen LogP contribution is 2.33. The summed E-state index contributed by atoms with van der Waals surface area (Å²) < 4.78 is 24.4. The molecule has 3 aromatic rings. The molecule has 3 N–H and O–H groups in total. The molecular formula is C21H25N5O2S. The summed E-state index contributed by atoms with van der Waals surface area (Å²) in [4.78, 5) is 12.0. The van der Waals surface area contributed by atoms with Crippen molar-refractivity contribution in [1.82, 2.24) is 14.7 Å². The summed E-state index contributed by atoms with van der Waals surface area (Å²) in [5, 5.41) is 6.04. The normalized spacial score (nSPS) is 14.9. The van der Waals surface area contributed by atoms with Crippen LogP contribution in [0.3, 0.4) is 0 Å². The lowest BCUT2D eigenvalue weighted by Gasteiger charge is -2.41. The number of hydrogen-bond acceptors (Lipinski definition) is 5. The van der Waals surface area contributed by atoms with Crippen molar-refractivity contribution in [2.75, 3.05) is 24.5 Å². The molecule has 1 aliphatic rings. The lowest BCUT2D eigenvalue weighted by Crippen LogP contribution is -2.48. The second-order valence-corrected chi connectivity index (χ2v) is 9.07. The predicted octanol–water partition coefficient (Wildman–Crippen LogP) is 2.53. The third kappa shape index (κ3) is 4.39. The first kappa shape index (κ1) is 19.8. The van der Waals surface area contributed by atoms with Gasteiger partial charge in [-0.25, -0.2) is 19.8 Å². The summed E-state index contributed by atoms with van der Waals surface area (Å²) in [6.45, 7) is 6.22. The van der Waals surface area contributed by atoms with Crippen molar-refractivity contribution in [1.29, 1.82) is 0 Å². The highest BCUT2D eigenvalue weighted by atomic mass is 32.2. The molecule has 29 heavy (non-hydrogen) atoms. The van der Waals surface area contributed by atoms with Gasteiger partial charge in [-0.3, -0.25) is 0 Å². The maximum absolute atomic E-state index is 11.0. The zero-order valence-corrected chi connectivity index (χ0v) is 17.4. The highest BCUT2D eigenvalue weighted by molar-refractivity contribution is 7.87. The Morgan fingerprint density at radius 2 is 1.79 bits per heavy atom. The predicted molar refractivity (Wildman–Crippen MR) is 116 cm³/mol. The van der Waals surface area contributed by atoms with Crippen molar-refractivity contribution in [2.24, 2.45) is 11.1 Å². The lowest BCUT2D eigenvalue weighted by atomic mass is 9.95. The van der Waals surface area contributed by atoms with E-state index in [2.05, 4.69) is 35.6 Å². The van der Waals surface area contributed by atoms with Crippen LogP contribution in [0.15, 0.2) is 42.5 Å². The molecule has 0 atom stereocenters. The van der Waals surface area contributed by atoms with Gasteiger partial charge in [0.25, 0.3) is 10.2 Å². The molecule has 2 heterocycles. The molecule has 1 aliphatic heterocycles. The van der Waals surface area contributed by atoms with Crippen LogP contribution in [0, 0.1) is 19.8 Å². The number of nitrogens with one attached hydrogen (secondary N) is 1. The third-order valence-electron chi connectivity index (χ3n) is 5.44. The molecule has 2 aromatic carbocycles. The molecule has 4 rings (SSSR count). The van der Waals surface area contributed by atoms with Crippen LogP contribution in [0.25, 0.3) is 22.3 Å². The minimum absolute atomic E-state index is 0.357. The van der Waals surface area contributed by atoms with Crippen molar-refractivity contribution in [3.05, 3.63) is 53.6 Å². The maximum Gasteiger partial charge on any atom is 0.274 e. The summed E-state index contributed by atoms with van der Waals surface area (Å²) in [6, 6.07) is 14.3. The van der Waals surface area contributed by atoms with E-state index in [4.69, 9.17) is 15.1 Å². The average Bonchev–Trinajstić information content (AvgIpc) is 2.64. The Hall–Kier alpha value is -2.55. The van der Waals surface area contributed by atoms with Crippen LogP contribution in [-0.2, 0) is 10.2 Å². The summed E-state index contributed by atoms with van der Waals surface area (Å²) in [6.07, 6.45) is 0.750. The van der Waals surface area contributed by atoms with Crippen molar-refractivity contribution in [3.8, 4) is 11.4 Å². The SMILES string of the molecule is Cc1cc2nc(-c3ccccc3)nc(N3CC(CCNS(N)(=O)=O)C3)c2cc1C. The topological polar surface area (TPSA) is 101 Å². The number of aromatic nitrogens is 2. The fraction of sp³-hybridized carbons (Fsp3) is 0.333. The first-order chi connectivity index (χ1) is 13.8. The Balaban J connectivity index is 1.62. The van der Waals surface area contributed by atoms with E-state index in [1.807, 2.05) is 30.3 Å². The molecular weight excluding hydrogens is 386 g/mol. The van der Waals surface area contributed by atoms with Crippen molar-refractivity contribution in [3.63, 3.8) is 0 Å². The summed E-state index contributed by atoms with van der Waals surface area (Å²) in [5.41, 5.74) is 4.35. The Morgan fingerprint density at radius 3 is 2.48 bits per heavy atom. The number of aryl methyl sites for hydroxylation is 2. The van der Waals surface area contributed by atoms with Gasteiger partial charge in [0, 0.05) is 30.6 Å². The van der Waals surface area contributed by atoms with Gasteiger partial charge in [-0.2, -0.15) is 8.42 Å². The first-order valence-electron chi connectivity index (χ1n) is 9.67. The zero-order chi connectivity index (χ0) is 20.6. The minimum Gasteiger partial charge on any atom is -0.355 e. The van der Waals surface area contributed by atoms with E-state index >= 15 is 0 Å². The van der Waals surface area contributed by atoms with E-state index < -0.39 is 10.2 Å². The Kier molecular flexibility index (Phi) is 5.24. The molecule has 0 bridgehead atoms. The van der Waals surface area contributed by atoms with E-state index in [1.54, 1.807) is 0 Å². The van der Waals surface area contributed by atoms with Crippen LogP contribution >= 0.6 is 0 Å². The standard InChI is InChI=1S/C21H25N5O2S/c1-14-10-18-19(11-15(14)2)24-20(17-6-4-3-5-7-17)25-21(18)26-12-16(13-26)8-9-23-29(22,27)28/h3-7,10-11,16,23H,8-9,12-13H2,1-2H3,(H2,22,27,28). The Labute approximate surface area is 171 Å². The van der Waals surface area contributed by atoms with Crippen LogP contribution in [0.5, 0.6) is 0 Å². The average molecular weight is 412 g/mol. The van der Waals surface area contributed by atoms with Gasteiger partial charge in [-0.1, -0.05) is 30.3 Å². The van der Waals surface area contributed by atoms with Gasteiger partial charge in [0.05, 0.1) is 5.52 Å². The summed E-state index contributed by atoms with van der Waals surface area (Å²) in [5.74, 6) is 2.06. The second kappa shape index (κ2) is 7.70. The first-order valence-corrected chi connectivity index (χ1v) is 11.2. The molecule has 7 nitrogen and oxygen atoms in total. The number of nitrogens with zero attached hydrogens (tertiary/aromatic N) is 3. The van der Waals surface area contributed by atoms with Crippen LogP contribution < -0.4 is 14.8 Å². The molecule has 1 fully saturated rings. The van der Waals surface area contributed by atoms with Crippen molar-refractivity contribution < 1.29 is 8.42 Å². The van der Waals surface area contributed by atoms with E-state index in [-0.39, 0.29) is 0 Å². The molecule has 0 amide bonds. The van der Waals surface area contributed by atoms with Crippen LogP contribution in [0.2, 0.25) is 0 Å². The molecule has 8 heteroatoms. The smallest absolute Gasteiger partial charge is 0.274 e. The molecule has 0 spiro atoms. The number of anilines is 1. The van der Waals surface area contributed by atoms with E-state index in [0.717, 1.165) is 47.6 Å². The van der Waals surface area contributed by atoms with E-state index in [9.17, 15) is 8.42 Å². The van der Waals surface area contributed by atoms with Crippen molar-refractivity contribution in [2.45, 2.75) is 20.3 Å². The van der Waals surface area contributed by atoms with Crippen LogP contribution in [0.4, 0.5) is 5.82 Å². The Bertz CT molecular complexity index is 1140. The largest absolute Gasteiger partial charge is 0.355 e. The molecule has 1 aromatic heterocycles. The van der Waals surface area contributed by atoms with Gasteiger partial charge in [-0.05, 0) is 49.4 Å². The highest BCUT2D eigenvalue weighted by Gasteiger charge is 2.29. The summed E-state index contributed by atoms with van der Waals surface area (Å²) >= 11 is 0. The van der Waals surface area contributed by atoms with Gasteiger partial charge >= 0.3 is 0 Å². The number of rotatable bonds is 6. The zero-order valence-electron chi connectivity index (χ0n) is 16.6. The summed E-state index contributed by atoms with van der Waals surface area (Å²) in [7, 11) is -3.63. The van der Waals surface area contributed by atoms with Crippen LogP contribution in [0.1, 0.15) is 17.5 Å². The number of benzene rings is 2. The van der Waals surface area contributed by atoms with Gasteiger partial charge in [-0.15, -0.1) is 0 Å². The Morgan fingerprint density at radius 1 is 1.10 bits per heavy atom. The number of hydrogen-bond donors (Lipinski definition) is 2. The third-order valence-corrected chi connectivity index (χ3v) is 6.04. The second-order valence-electron chi connectivity index (χ2n) is 7.69. The van der Waals surface area contributed by atoms with Crippen LogP contribution in [-0.4, -0.2) is 38.0 Å². The molecule has 0 radical (unpaired) electrons. The fourth-order valence-electron chi connectivity index (χ4n) is 3.66. The van der Waals surface area contributed by atoms with Gasteiger partial charge in [0.2, 0.25) is 0 Å². The monoisotopic (exact) mass is 411 g/mol. The van der Waals surface area contributed by atoms with Crippen molar-refractivity contribution >= 4 is 26.9 Å². The van der Waals surface area contributed by atoms with Gasteiger partial charge in [0.15, 0.2) is 5.82 Å². The van der Waals surface area contributed by atoms with E-state index in [0.29, 0.717) is 12.5 Å². The quantitative estimate of drug-likeness (QED) is 0.649. The van der Waals surface area contributed by atoms with E-state index in [1.165, 1.54) is 11.1 Å². The maximum atomic E-state index is 11.0. The van der Waals surface area contributed by atoms with Gasteiger partial charge in [0.1, 0.15) is 5.82 Å². The molecule has 0 unspecified atom stereocenters. The number of nitrogens with two attached hydrogens (primary N) is 1. The van der Waals surface area contributed by atoms with Gasteiger partial charge < -0.3 is 4.90 Å². The molecule has 0 saturated carbocycles. The fourth-order valence-corrected chi connectivity index (χ4v) is 4.06.